The van der Waals surface area contributed by atoms with Gasteiger partial charge >= 0.3 is 0 Å². The van der Waals surface area contributed by atoms with Crippen molar-refractivity contribution in [3.63, 3.8) is 0 Å². The highest BCUT2D eigenvalue weighted by atomic mass is 35.5. The number of rotatable bonds is 7. The summed E-state index contributed by atoms with van der Waals surface area (Å²) >= 11 is 6.06. The fourth-order valence-electron chi connectivity index (χ4n) is 2.08. The molecule has 2 atom stereocenters. The summed E-state index contributed by atoms with van der Waals surface area (Å²) < 4.78 is 10.7. The Morgan fingerprint density at radius 2 is 2.00 bits per heavy atom. The summed E-state index contributed by atoms with van der Waals surface area (Å²) in [5, 5.41) is 5.73. The normalized spacial score (nSPS) is 13.0. The Morgan fingerprint density at radius 1 is 1.24 bits per heavy atom. The third-order valence-corrected chi connectivity index (χ3v) is 3.84. The maximum atomic E-state index is 12.2. The first-order valence-electron chi connectivity index (χ1n) is 7.90. The third kappa shape index (κ3) is 5.53. The van der Waals surface area contributed by atoms with Crippen molar-refractivity contribution in [2.45, 2.75) is 39.5 Å². The molecule has 0 spiro atoms. The Labute approximate surface area is 151 Å². The minimum atomic E-state index is -0.792. The van der Waals surface area contributed by atoms with Gasteiger partial charge in [0.15, 0.2) is 6.10 Å². The van der Waals surface area contributed by atoms with Gasteiger partial charge in [-0.3, -0.25) is 9.59 Å². The van der Waals surface area contributed by atoms with E-state index in [1.807, 2.05) is 13.0 Å². The fourth-order valence-corrected chi connectivity index (χ4v) is 2.24. The number of nitrogens with one attached hydrogen (secondary N) is 2. The SMILES string of the molecule is Cc1ccc(Cl)c(OC(C)C(=O)NC(C)C(=O)NCc2ccco2)c1. The van der Waals surface area contributed by atoms with Crippen LogP contribution in [0.4, 0.5) is 0 Å². The molecule has 2 aromatic rings. The van der Waals surface area contributed by atoms with Crippen LogP contribution in [0.1, 0.15) is 25.2 Å². The minimum Gasteiger partial charge on any atom is -0.479 e. The van der Waals surface area contributed by atoms with E-state index >= 15 is 0 Å². The largest absolute Gasteiger partial charge is 0.479 e. The standard InChI is InChI=1S/C18H21ClN2O4/c1-11-6-7-15(19)16(9-11)25-13(3)18(23)21-12(2)17(22)20-10-14-5-4-8-24-14/h4-9,12-13H,10H2,1-3H3,(H,20,22)(H,21,23). The molecule has 1 aromatic heterocycles. The average molecular weight is 365 g/mol. The van der Waals surface area contributed by atoms with Crippen LogP contribution in [-0.2, 0) is 16.1 Å². The second kappa shape index (κ2) is 8.58. The van der Waals surface area contributed by atoms with Crippen molar-refractivity contribution in [3.8, 4) is 5.75 Å². The van der Waals surface area contributed by atoms with Gasteiger partial charge in [0.1, 0.15) is 17.6 Å². The lowest BCUT2D eigenvalue weighted by Gasteiger charge is -2.19. The first-order chi connectivity index (χ1) is 11.9. The van der Waals surface area contributed by atoms with Gasteiger partial charge in [-0.05, 0) is 50.6 Å². The first-order valence-corrected chi connectivity index (χ1v) is 8.28. The summed E-state index contributed by atoms with van der Waals surface area (Å²) in [6.07, 6.45) is 0.738. The number of benzene rings is 1. The monoisotopic (exact) mass is 364 g/mol. The molecule has 2 amide bonds. The summed E-state index contributed by atoms with van der Waals surface area (Å²) in [4.78, 5) is 24.2. The number of furan rings is 1. The molecule has 0 fully saturated rings. The van der Waals surface area contributed by atoms with E-state index in [0.717, 1.165) is 5.56 Å². The summed E-state index contributed by atoms with van der Waals surface area (Å²) in [6.45, 7) is 5.36. The Hall–Kier alpha value is -2.47. The van der Waals surface area contributed by atoms with Crippen molar-refractivity contribution < 1.29 is 18.7 Å². The molecule has 0 radical (unpaired) electrons. The molecular weight excluding hydrogens is 344 g/mol. The van der Waals surface area contributed by atoms with Gasteiger partial charge < -0.3 is 19.8 Å². The molecule has 2 unspecified atom stereocenters. The van der Waals surface area contributed by atoms with Gasteiger partial charge in [0.25, 0.3) is 5.91 Å². The summed E-state index contributed by atoms with van der Waals surface area (Å²) in [5.41, 5.74) is 0.970. The lowest BCUT2D eigenvalue weighted by atomic mass is 10.2. The third-order valence-electron chi connectivity index (χ3n) is 3.53. The molecule has 7 heteroatoms. The van der Waals surface area contributed by atoms with Crippen LogP contribution in [-0.4, -0.2) is 24.0 Å². The van der Waals surface area contributed by atoms with Gasteiger partial charge in [-0.2, -0.15) is 0 Å². The maximum Gasteiger partial charge on any atom is 0.261 e. The van der Waals surface area contributed by atoms with Gasteiger partial charge in [-0.25, -0.2) is 0 Å². The summed E-state index contributed by atoms with van der Waals surface area (Å²) in [5.74, 6) is 0.348. The average Bonchev–Trinajstić information content (AvgIpc) is 3.09. The topological polar surface area (TPSA) is 80.6 Å². The lowest BCUT2D eigenvalue weighted by Crippen LogP contribution is -2.48. The number of aryl methyl sites for hydroxylation is 1. The van der Waals surface area contributed by atoms with Crippen LogP contribution in [0.3, 0.4) is 0 Å². The van der Waals surface area contributed by atoms with Crippen LogP contribution in [0, 0.1) is 6.92 Å². The lowest BCUT2D eigenvalue weighted by molar-refractivity contribution is -0.132. The molecule has 0 bridgehead atoms. The zero-order chi connectivity index (χ0) is 18.4. The molecular formula is C18H21ClN2O4. The zero-order valence-electron chi connectivity index (χ0n) is 14.3. The van der Waals surface area contributed by atoms with Crippen LogP contribution in [0.25, 0.3) is 0 Å². The van der Waals surface area contributed by atoms with Crippen molar-refractivity contribution in [1.82, 2.24) is 10.6 Å². The van der Waals surface area contributed by atoms with Gasteiger partial charge in [0.05, 0.1) is 17.8 Å². The van der Waals surface area contributed by atoms with E-state index in [4.69, 9.17) is 20.8 Å². The minimum absolute atomic E-state index is 0.261. The Balaban J connectivity index is 1.84. The quantitative estimate of drug-likeness (QED) is 0.791. The number of amides is 2. The molecule has 25 heavy (non-hydrogen) atoms. The predicted molar refractivity (Wildman–Crippen MR) is 94.4 cm³/mol. The predicted octanol–water partition coefficient (Wildman–Crippen LogP) is 2.83. The molecule has 6 nitrogen and oxygen atoms in total. The van der Waals surface area contributed by atoms with Crippen molar-refractivity contribution in [3.05, 3.63) is 52.9 Å². The van der Waals surface area contributed by atoms with Crippen LogP contribution < -0.4 is 15.4 Å². The van der Waals surface area contributed by atoms with E-state index in [0.29, 0.717) is 16.5 Å². The number of carbonyl (C=O) groups is 2. The molecule has 1 aromatic carbocycles. The highest BCUT2D eigenvalue weighted by molar-refractivity contribution is 6.32. The van der Waals surface area contributed by atoms with Crippen molar-refractivity contribution in [2.24, 2.45) is 0 Å². The van der Waals surface area contributed by atoms with E-state index in [9.17, 15) is 9.59 Å². The molecule has 1 heterocycles. The smallest absolute Gasteiger partial charge is 0.261 e. The number of halogens is 1. The molecule has 0 saturated heterocycles. The Bertz CT molecular complexity index is 731. The number of hydrogen-bond acceptors (Lipinski definition) is 4. The van der Waals surface area contributed by atoms with Gasteiger partial charge in [0, 0.05) is 0 Å². The van der Waals surface area contributed by atoms with Crippen LogP contribution in [0.2, 0.25) is 5.02 Å². The molecule has 134 valence electrons. The summed E-state index contributed by atoms with van der Waals surface area (Å²) in [6, 6.07) is 8.10. The second-order valence-electron chi connectivity index (χ2n) is 5.72. The van der Waals surface area contributed by atoms with Gasteiger partial charge in [0.2, 0.25) is 5.91 Å². The van der Waals surface area contributed by atoms with Gasteiger partial charge in [-0.1, -0.05) is 17.7 Å². The van der Waals surface area contributed by atoms with Crippen molar-refractivity contribution >= 4 is 23.4 Å². The molecule has 2 N–H and O–H groups in total. The van der Waals surface area contributed by atoms with E-state index in [1.54, 1.807) is 38.1 Å². The number of ether oxygens (including phenoxy) is 1. The Morgan fingerprint density at radius 3 is 2.68 bits per heavy atom. The number of hydrogen-bond donors (Lipinski definition) is 2. The fraction of sp³-hybridized carbons (Fsp3) is 0.333. The van der Waals surface area contributed by atoms with Crippen LogP contribution >= 0.6 is 11.6 Å². The van der Waals surface area contributed by atoms with E-state index in [-0.39, 0.29) is 12.5 Å². The molecule has 0 aliphatic rings. The molecule has 0 aliphatic carbocycles. The summed E-state index contributed by atoms with van der Waals surface area (Å²) in [7, 11) is 0. The first kappa shape index (κ1) is 18.9. The zero-order valence-corrected chi connectivity index (χ0v) is 15.1. The van der Waals surface area contributed by atoms with E-state index in [1.165, 1.54) is 6.26 Å². The highest BCUT2D eigenvalue weighted by Gasteiger charge is 2.21. The Kier molecular flexibility index (Phi) is 6.47. The van der Waals surface area contributed by atoms with Crippen molar-refractivity contribution in [1.29, 1.82) is 0 Å². The molecule has 0 saturated carbocycles. The van der Waals surface area contributed by atoms with Gasteiger partial charge in [-0.15, -0.1) is 0 Å². The maximum absolute atomic E-state index is 12.2. The molecule has 0 aliphatic heterocycles. The van der Waals surface area contributed by atoms with Crippen molar-refractivity contribution in [2.75, 3.05) is 0 Å². The van der Waals surface area contributed by atoms with Crippen LogP contribution in [0.5, 0.6) is 5.75 Å². The van der Waals surface area contributed by atoms with E-state index in [2.05, 4.69) is 10.6 Å². The van der Waals surface area contributed by atoms with Crippen LogP contribution in [0.15, 0.2) is 41.0 Å². The van der Waals surface area contributed by atoms with E-state index < -0.39 is 18.1 Å². The highest BCUT2D eigenvalue weighted by Crippen LogP contribution is 2.26. The molecule has 2 rings (SSSR count). The second-order valence-corrected chi connectivity index (χ2v) is 6.13. The number of carbonyl (C=O) groups excluding carboxylic acids is 2.